The molecule has 0 fully saturated rings. The summed E-state index contributed by atoms with van der Waals surface area (Å²) < 4.78 is 125. The van der Waals surface area contributed by atoms with Gasteiger partial charge in [0.15, 0.2) is 0 Å². The van der Waals surface area contributed by atoms with E-state index >= 15 is 0 Å². The highest BCUT2D eigenvalue weighted by Gasteiger charge is 2.50. The van der Waals surface area contributed by atoms with Crippen molar-refractivity contribution < 1.29 is 105 Å². The van der Waals surface area contributed by atoms with Crippen molar-refractivity contribution in [2.24, 2.45) is 0 Å². The minimum atomic E-state index is -6.87. The van der Waals surface area contributed by atoms with Crippen molar-refractivity contribution in [1.29, 1.82) is 0 Å². The first kappa shape index (κ1) is 57.6. The maximum atomic E-state index is 12.6. The van der Waals surface area contributed by atoms with Gasteiger partial charge in [0.2, 0.25) is 0 Å². The van der Waals surface area contributed by atoms with Gasteiger partial charge in [0.25, 0.3) is 31.3 Å². The van der Waals surface area contributed by atoms with Gasteiger partial charge in [-0.2, -0.15) is 4.31 Å². The lowest BCUT2D eigenvalue weighted by Gasteiger charge is -2.35. The molecule has 37 heteroatoms. The highest BCUT2D eigenvalue weighted by Crippen LogP contribution is 2.80. The highest BCUT2D eigenvalue weighted by atomic mass is 31.3. The molecule has 0 radical (unpaired) electrons. The molecule has 8 unspecified atom stereocenters. The fourth-order valence-corrected chi connectivity index (χ4v) is 12.6. The molecular weight excluding hydrogens is 748 g/mol. The van der Waals surface area contributed by atoms with E-state index in [2.05, 4.69) is 39.2 Å². The number of quaternary nitrogens is 6. The van der Waals surface area contributed by atoms with Crippen molar-refractivity contribution in [2.45, 2.75) is 0 Å². The van der Waals surface area contributed by atoms with Gasteiger partial charge in [-0.1, -0.05) is 0 Å². The molecule has 0 aromatic heterocycles. The van der Waals surface area contributed by atoms with Crippen LogP contribution in [0.25, 0.3) is 0 Å². The monoisotopic (exact) mass is 784 g/mol. The first-order chi connectivity index (χ1) is 15.1. The van der Waals surface area contributed by atoms with Crippen molar-refractivity contribution >= 4 is 62.1 Å². The van der Waals surface area contributed by atoms with E-state index in [1.54, 1.807) is 0 Å². The molecule has 0 aliphatic rings. The van der Waals surface area contributed by atoms with Crippen molar-refractivity contribution in [3.63, 3.8) is 0 Å². The summed E-state index contributed by atoms with van der Waals surface area (Å²) in [7, 11) is -49.3. The van der Waals surface area contributed by atoms with Crippen LogP contribution in [0.1, 0.15) is 0 Å². The molecule has 0 amide bonds. The molecule has 8 atom stereocenters. The molecule has 0 saturated carbocycles. The van der Waals surface area contributed by atoms with Crippen molar-refractivity contribution in [1.82, 2.24) is 36.9 Å². The van der Waals surface area contributed by atoms with Gasteiger partial charge in [-0.25, -0.2) is 26.4 Å². The molecule has 0 saturated heterocycles. The lowest BCUT2D eigenvalue weighted by atomic mass is 11.8. The average Bonchev–Trinajstić information content (AvgIpc) is 2.45. The van der Waals surface area contributed by atoms with Crippen LogP contribution in [-0.4, -0.2) is 27.5 Å². The van der Waals surface area contributed by atoms with Crippen LogP contribution in [0.5, 0.6) is 0 Å². The summed E-state index contributed by atoms with van der Waals surface area (Å²) in [5.74, 6) is 0. The van der Waals surface area contributed by atoms with Gasteiger partial charge in [-0.15, -0.1) is 0 Å². The molecule has 0 aromatic rings. The van der Waals surface area contributed by atoms with Crippen LogP contribution in [0.2, 0.25) is 0 Å². The van der Waals surface area contributed by atoms with Gasteiger partial charge in [0.05, 0.1) is 0 Å². The van der Waals surface area contributed by atoms with E-state index in [4.69, 9.17) is 0 Å². The SMILES string of the molecule is COP(=O)([O-])OP(=O)(OP(=O)([O-])OP(C)(=O)[O-])OP(=O)(OP(=O)([O-])OC)OP(=O)([O-])OP(C)(=O)[O-].[NH4+].[NH4+].[NH4+].[NH4+].[NH4+].[NH4+]. The largest absolute Gasteiger partial charge is 0.778 e. The van der Waals surface area contributed by atoms with E-state index in [9.17, 15) is 65.9 Å². The van der Waals surface area contributed by atoms with Gasteiger partial charge < -0.3 is 84.4 Å². The van der Waals surface area contributed by atoms with Crippen LogP contribution in [0.4, 0.5) is 0 Å². The maximum absolute atomic E-state index is 12.6. The quantitative estimate of drug-likeness (QED) is 0.119. The minimum Gasteiger partial charge on any atom is -0.778 e. The first-order valence-corrected chi connectivity index (χ1v) is 19.9. The lowest BCUT2D eigenvalue weighted by molar-refractivity contribution is -0.228. The summed E-state index contributed by atoms with van der Waals surface area (Å²) in [4.78, 5) is 68.2. The normalized spacial score (nSPS) is 22.5. The maximum Gasteiger partial charge on any atom is 0.496 e. The van der Waals surface area contributed by atoms with Crippen LogP contribution in [0.3, 0.4) is 0 Å². The second kappa shape index (κ2) is 19.5. The van der Waals surface area contributed by atoms with Crippen LogP contribution >= 0.6 is 62.1 Å². The zero-order valence-electron chi connectivity index (χ0n) is 23.0. The Bertz CT molecular complexity index is 1070. The molecule has 0 rings (SSSR count). The Morgan fingerprint density at radius 1 is 0.366 bits per heavy atom. The van der Waals surface area contributed by atoms with E-state index in [0.29, 0.717) is 0 Å². The summed E-state index contributed by atoms with van der Waals surface area (Å²) in [6.45, 7) is 0.170. The highest BCUT2D eigenvalue weighted by molar-refractivity contribution is 7.76. The van der Waals surface area contributed by atoms with E-state index in [1.165, 1.54) is 0 Å². The van der Waals surface area contributed by atoms with E-state index in [0.717, 1.165) is 0 Å². The van der Waals surface area contributed by atoms with Gasteiger partial charge in [-0.05, 0) is 0 Å². The van der Waals surface area contributed by atoms with Gasteiger partial charge in [0, 0.05) is 27.5 Å². The summed E-state index contributed by atoms with van der Waals surface area (Å²) in [6, 6.07) is 0. The molecule has 0 bridgehead atoms. The molecule has 41 heavy (non-hydrogen) atoms. The molecule has 260 valence electrons. The smallest absolute Gasteiger partial charge is 0.496 e. The third kappa shape index (κ3) is 26.0. The predicted octanol–water partition coefficient (Wildman–Crippen LogP) is 1.11. The second-order valence-electron chi connectivity index (χ2n) is 5.16. The zero-order chi connectivity index (χ0) is 28.4. The van der Waals surface area contributed by atoms with E-state index < -0.39 is 62.1 Å². The molecule has 0 aliphatic heterocycles. The van der Waals surface area contributed by atoms with Gasteiger partial charge >= 0.3 is 15.6 Å². The van der Waals surface area contributed by atoms with Crippen LogP contribution < -0.4 is 66.3 Å². The molecular formula is C4H36N6O23P8. The molecule has 0 aliphatic carbocycles. The number of rotatable bonds is 16. The Kier molecular flexibility index (Phi) is 27.4. The predicted molar refractivity (Wildman–Crippen MR) is 130 cm³/mol. The number of hydrogen-bond acceptors (Lipinski definition) is 23. The number of phosphoric ester groups is 2. The third-order valence-electron chi connectivity index (χ3n) is 1.94. The second-order valence-corrected chi connectivity index (χ2v) is 18.9. The van der Waals surface area contributed by atoms with Crippen LogP contribution in [0.15, 0.2) is 0 Å². The third-order valence-corrected chi connectivity index (χ3v) is 14.8. The molecule has 29 nitrogen and oxygen atoms in total. The Morgan fingerprint density at radius 2 is 0.561 bits per heavy atom. The van der Waals surface area contributed by atoms with E-state index in [-0.39, 0.29) is 64.5 Å². The Morgan fingerprint density at radius 3 is 0.732 bits per heavy atom. The summed E-state index contributed by atoms with van der Waals surface area (Å²) in [6.07, 6.45) is 0. The lowest BCUT2D eigenvalue weighted by Crippen LogP contribution is -2.15. The summed E-state index contributed by atoms with van der Waals surface area (Å²) in [5.41, 5.74) is 0. The number of phosphoric acid groups is 6. The average molecular weight is 784 g/mol. The molecule has 0 heterocycles. The topological polar surface area (TPSA) is 577 Å². The van der Waals surface area contributed by atoms with Crippen molar-refractivity contribution in [3.8, 4) is 0 Å². The van der Waals surface area contributed by atoms with Crippen molar-refractivity contribution in [3.05, 3.63) is 0 Å². The fourth-order valence-electron chi connectivity index (χ4n) is 1.16. The first-order valence-electron chi connectivity index (χ1n) is 7.19. The summed E-state index contributed by atoms with van der Waals surface area (Å²) >= 11 is 0. The molecule has 0 spiro atoms. The van der Waals surface area contributed by atoms with Gasteiger partial charge in [0.1, 0.15) is 15.2 Å². The standard InChI is InChI=1S/C4H18O23P8.6H3N/c1-19-30(9,10)23-34(17,25-32(13,14)21-28(3,5)6)27-35(18,24-31(11,12)20-2)26-33(15,16)22-29(4,7)8;;;;;;/h1-4H3,(H,5,6)(H,7,8)(H,9,10)(H,11,12)(H,13,14)(H,15,16);6*1H3. The van der Waals surface area contributed by atoms with Crippen molar-refractivity contribution in [2.75, 3.05) is 27.5 Å². The van der Waals surface area contributed by atoms with Crippen LogP contribution in [-0.2, 0) is 75.7 Å². The molecule has 0 aromatic carbocycles. The minimum absolute atomic E-state index is 0. The Hall–Kier alpha value is 1.000. The zero-order valence-corrected chi connectivity index (χ0v) is 30.1. The summed E-state index contributed by atoms with van der Waals surface area (Å²) in [5, 5.41) is 0. The molecule has 24 N–H and O–H groups in total. The fraction of sp³-hybridized carbons (Fsp3) is 1.00. The van der Waals surface area contributed by atoms with Gasteiger partial charge in [-0.3, -0.25) is 26.9 Å². The number of hydrogen-bond donors (Lipinski definition) is 6. The van der Waals surface area contributed by atoms with Crippen LogP contribution in [0, 0.1) is 0 Å². The Labute approximate surface area is 232 Å². The van der Waals surface area contributed by atoms with E-state index in [1.807, 2.05) is 0 Å². The Balaban J connectivity index is -0.000000385.